The van der Waals surface area contributed by atoms with E-state index in [4.69, 9.17) is 0 Å². The van der Waals surface area contributed by atoms with Crippen molar-refractivity contribution in [1.29, 1.82) is 0 Å². The molecule has 132 valence electrons. The van der Waals surface area contributed by atoms with Crippen LogP contribution in [0.5, 0.6) is 0 Å². The van der Waals surface area contributed by atoms with Gasteiger partial charge in [-0.25, -0.2) is 4.98 Å². The molecule has 0 saturated carbocycles. The zero-order chi connectivity index (χ0) is 18.5. The van der Waals surface area contributed by atoms with E-state index in [0.29, 0.717) is 23.9 Å². The van der Waals surface area contributed by atoms with Crippen molar-refractivity contribution < 1.29 is 4.79 Å². The Hall–Kier alpha value is -3.21. The fourth-order valence-corrected chi connectivity index (χ4v) is 2.68. The van der Waals surface area contributed by atoms with Gasteiger partial charge in [0.05, 0.1) is 0 Å². The lowest BCUT2D eigenvalue weighted by atomic mass is 10.1. The van der Waals surface area contributed by atoms with E-state index >= 15 is 0 Å². The van der Waals surface area contributed by atoms with Gasteiger partial charge >= 0.3 is 0 Å². The number of benzene rings is 2. The van der Waals surface area contributed by atoms with Crippen molar-refractivity contribution in [2.75, 3.05) is 10.6 Å². The normalized spacial score (nSPS) is 10.4. The van der Waals surface area contributed by atoms with Crippen LogP contribution in [0, 0.1) is 13.8 Å². The van der Waals surface area contributed by atoms with Gasteiger partial charge in [0, 0.05) is 29.6 Å². The summed E-state index contributed by atoms with van der Waals surface area (Å²) >= 11 is 0. The smallest absolute Gasteiger partial charge is 0.225 e. The first kappa shape index (κ1) is 17.6. The number of aromatic nitrogens is 2. The summed E-state index contributed by atoms with van der Waals surface area (Å²) < 4.78 is 0. The molecule has 2 N–H and O–H groups in total. The van der Waals surface area contributed by atoms with Gasteiger partial charge in [-0.15, -0.1) is 0 Å². The Balaban J connectivity index is 1.75. The van der Waals surface area contributed by atoms with Crippen LogP contribution in [-0.2, 0) is 6.54 Å². The third-order valence-corrected chi connectivity index (χ3v) is 3.93. The Morgan fingerprint density at radius 3 is 2.58 bits per heavy atom. The summed E-state index contributed by atoms with van der Waals surface area (Å²) in [6.45, 7) is 6.21. The largest absolute Gasteiger partial charge is 0.350 e. The van der Waals surface area contributed by atoms with Crippen LogP contribution in [0.2, 0.25) is 0 Å². The third-order valence-electron chi connectivity index (χ3n) is 3.93. The molecule has 0 unspecified atom stereocenters. The Morgan fingerprint density at radius 1 is 1.00 bits per heavy atom. The van der Waals surface area contributed by atoms with E-state index in [1.165, 1.54) is 11.1 Å². The second-order valence-corrected chi connectivity index (χ2v) is 6.32. The summed E-state index contributed by atoms with van der Waals surface area (Å²) in [5, 5.41) is 6.51. The van der Waals surface area contributed by atoms with Crippen LogP contribution in [0.4, 0.5) is 17.5 Å². The molecule has 0 aliphatic carbocycles. The summed E-state index contributed by atoms with van der Waals surface area (Å²) in [6, 6.07) is 17.6. The highest BCUT2D eigenvalue weighted by Crippen LogP contribution is 2.18. The predicted molar refractivity (Wildman–Crippen MR) is 105 cm³/mol. The molecule has 5 nitrogen and oxygen atoms in total. The van der Waals surface area contributed by atoms with Crippen LogP contribution in [0.1, 0.15) is 34.1 Å². The average Bonchev–Trinajstić information content (AvgIpc) is 2.60. The number of hydrogen-bond acceptors (Lipinski definition) is 5. The molecule has 5 heteroatoms. The monoisotopic (exact) mass is 346 g/mol. The van der Waals surface area contributed by atoms with Crippen molar-refractivity contribution in [3.8, 4) is 0 Å². The van der Waals surface area contributed by atoms with Crippen molar-refractivity contribution in [2.24, 2.45) is 0 Å². The van der Waals surface area contributed by atoms with Gasteiger partial charge in [-0.3, -0.25) is 4.79 Å². The number of nitrogens with zero attached hydrogens (tertiary/aromatic N) is 2. The molecule has 0 fully saturated rings. The molecule has 0 atom stereocenters. The van der Waals surface area contributed by atoms with Gasteiger partial charge < -0.3 is 10.6 Å². The zero-order valence-electron chi connectivity index (χ0n) is 15.2. The summed E-state index contributed by atoms with van der Waals surface area (Å²) in [7, 11) is 0. The molecular formula is C21H22N4O. The minimum Gasteiger partial charge on any atom is -0.350 e. The van der Waals surface area contributed by atoms with Crippen LogP contribution in [-0.4, -0.2) is 15.8 Å². The van der Waals surface area contributed by atoms with Crippen molar-refractivity contribution in [3.63, 3.8) is 0 Å². The van der Waals surface area contributed by atoms with E-state index in [2.05, 4.69) is 45.7 Å². The maximum atomic E-state index is 11.5. The molecule has 0 spiro atoms. The lowest BCUT2D eigenvalue weighted by molar-refractivity contribution is 0.101. The first-order chi connectivity index (χ1) is 12.5. The van der Waals surface area contributed by atoms with E-state index < -0.39 is 0 Å². The van der Waals surface area contributed by atoms with Crippen LogP contribution in [0.3, 0.4) is 0 Å². The number of hydrogen-bond donors (Lipinski definition) is 2. The van der Waals surface area contributed by atoms with E-state index in [0.717, 1.165) is 11.4 Å². The Labute approximate surface area is 153 Å². The van der Waals surface area contributed by atoms with E-state index in [1.807, 2.05) is 37.3 Å². The maximum absolute atomic E-state index is 11.5. The lowest BCUT2D eigenvalue weighted by Crippen LogP contribution is -2.06. The maximum Gasteiger partial charge on any atom is 0.225 e. The van der Waals surface area contributed by atoms with E-state index in [1.54, 1.807) is 13.0 Å². The molecule has 1 heterocycles. The molecule has 26 heavy (non-hydrogen) atoms. The van der Waals surface area contributed by atoms with Gasteiger partial charge in [0.25, 0.3) is 0 Å². The lowest BCUT2D eigenvalue weighted by Gasteiger charge is -2.11. The topological polar surface area (TPSA) is 66.9 Å². The highest BCUT2D eigenvalue weighted by molar-refractivity contribution is 5.95. The minimum absolute atomic E-state index is 0.0352. The number of Topliss-reactive ketones (excluding diaryl/α,β-unsaturated/α-hetero) is 1. The third kappa shape index (κ3) is 4.66. The minimum atomic E-state index is 0.0352. The molecule has 0 radical (unpaired) electrons. The number of aryl methyl sites for hydroxylation is 2. The van der Waals surface area contributed by atoms with Gasteiger partial charge in [-0.05, 0) is 38.5 Å². The number of anilines is 3. The summed E-state index contributed by atoms with van der Waals surface area (Å²) in [6.07, 6.45) is 0. The molecule has 0 amide bonds. The van der Waals surface area contributed by atoms with Crippen LogP contribution < -0.4 is 10.6 Å². The molecule has 2 aromatic carbocycles. The molecule has 3 rings (SSSR count). The van der Waals surface area contributed by atoms with Crippen LogP contribution in [0.25, 0.3) is 0 Å². The quantitative estimate of drug-likeness (QED) is 0.636. The zero-order valence-corrected chi connectivity index (χ0v) is 15.2. The van der Waals surface area contributed by atoms with Gasteiger partial charge in [0.15, 0.2) is 5.78 Å². The van der Waals surface area contributed by atoms with Crippen LogP contribution in [0.15, 0.2) is 54.6 Å². The van der Waals surface area contributed by atoms with Crippen molar-refractivity contribution >= 4 is 23.2 Å². The van der Waals surface area contributed by atoms with Gasteiger partial charge in [-0.1, -0.05) is 42.0 Å². The summed E-state index contributed by atoms with van der Waals surface area (Å²) in [5.41, 5.74) is 4.75. The Kier molecular flexibility index (Phi) is 5.27. The molecule has 0 bridgehead atoms. The summed E-state index contributed by atoms with van der Waals surface area (Å²) in [4.78, 5) is 20.5. The number of carbonyl (C=O) groups is 1. The number of nitrogens with one attached hydrogen (secondary N) is 2. The first-order valence-corrected chi connectivity index (χ1v) is 8.53. The molecule has 0 aliphatic rings. The number of carbonyl (C=O) groups excluding carboxylic acids is 1. The summed E-state index contributed by atoms with van der Waals surface area (Å²) in [5.74, 6) is 1.29. The number of rotatable bonds is 6. The predicted octanol–water partition coefficient (Wildman–Crippen LogP) is 4.65. The second-order valence-electron chi connectivity index (χ2n) is 6.32. The highest BCUT2D eigenvalue weighted by Gasteiger charge is 2.05. The number of ketones is 1. The molecule has 0 saturated heterocycles. The SMILES string of the molecule is CC(=O)c1cccc(Nc2cc(C)nc(NCc3cccc(C)c3)n2)c1. The fourth-order valence-electron chi connectivity index (χ4n) is 2.68. The van der Waals surface area contributed by atoms with E-state index in [9.17, 15) is 4.79 Å². The second kappa shape index (κ2) is 7.78. The van der Waals surface area contributed by atoms with E-state index in [-0.39, 0.29) is 5.78 Å². The standard InChI is InChI=1S/C21H22N4O/c1-14-6-4-7-17(10-14)13-22-21-23-15(2)11-20(25-21)24-19-9-5-8-18(12-19)16(3)26/h4-12H,13H2,1-3H3,(H2,22,23,24,25). The van der Waals surface area contributed by atoms with Crippen molar-refractivity contribution in [2.45, 2.75) is 27.3 Å². The van der Waals surface area contributed by atoms with Crippen molar-refractivity contribution in [1.82, 2.24) is 9.97 Å². The highest BCUT2D eigenvalue weighted by atomic mass is 16.1. The van der Waals surface area contributed by atoms with Gasteiger partial charge in [-0.2, -0.15) is 4.98 Å². The molecule has 1 aromatic heterocycles. The molecule has 3 aromatic rings. The van der Waals surface area contributed by atoms with Crippen LogP contribution >= 0.6 is 0 Å². The molecule has 0 aliphatic heterocycles. The van der Waals surface area contributed by atoms with Crippen molar-refractivity contribution in [3.05, 3.63) is 77.0 Å². The fraction of sp³-hybridized carbons (Fsp3) is 0.190. The average molecular weight is 346 g/mol. The Morgan fingerprint density at radius 2 is 1.81 bits per heavy atom. The van der Waals surface area contributed by atoms with Gasteiger partial charge in [0.1, 0.15) is 5.82 Å². The first-order valence-electron chi connectivity index (χ1n) is 8.53. The van der Waals surface area contributed by atoms with Gasteiger partial charge in [0.2, 0.25) is 5.95 Å². The Bertz CT molecular complexity index is 937. The molecular weight excluding hydrogens is 324 g/mol.